The van der Waals surface area contributed by atoms with Crippen molar-refractivity contribution in [3.8, 4) is 0 Å². The summed E-state index contributed by atoms with van der Waals surface area (Å²) in [5, 5.41) is 9.00. The van der Waals surface area contributed by atoms with Crippen LogP contribution in [0.1, 0.15) is 49.7 Å². The second kappa shape index (κ2) is 7.07. The van der Waals surface area contributed by atoms with Gasteiger partial charge >= 0.3 is 5.97 Å². The molecule has 0 aliphatic carbocycles. The van der Waals surface area contributed by atoms with E-state index in [4.69, 9.17) is 5.11 Å². The van der Waals surface area contributed by atoms with E-state index < -0.39 is 5.97 Å². The molecule has 5 nitrogen and oxygen atoms in total. The van der Waals surface area contributed by atoms with Crippen LogP contribution in [0.2, 0.25) is 0 Å². The summed E-state index contributed by atoms with van der Waals surface area (Å²) in [4.78, 5) is 17.3. The topological polar surface area (TPSA) is 58.4 Å². The molecular weight excluding hydrogens is 302 g/mol. The molecule has 2 heterocycles. The van der Waals surface area contributed by atoms with Crippen molar-refractivity contribution < 1.29 is 9.90 Å². The van der Waals surface area contributed by atoms with Crippen molar-refractivity contribution in [1.29, 1.82) is 0 Å². The van der Waals surface area contributed by atoms with Gasteiger partial charge in [0.05, 0.1) is 12.7 Å². The summed E-state index contributed by atoms with van der Waals surface area (Å²) < 4.78 is 2.10. The van der Waals surface area contributed by atoms with Crippen LogP contribution in [0, 0.1) is 0 Å². The van der Waals surface area contributed by atoms with Crippen molar-refractivity contribution in [3.63, 3.8) is 0 Å². The van der Waals surface area contributed by atoms with Crippen LogP contribution in [0.5, 0.6) is 0 Å². The normalized spacial score (nSPS) is 16.6. The summed E-state index contributed by atoms with van der Waals surface area (Å²) in [5.41, 5.74) is 3.92. The SMILES string of the molecule is CC(C)c1ccc2c(c1)C(CCn1ccnc1)CN2CCC(=O)O. The largest absolute Gasteiger partial charge is 0.481 e. The fraction of sp³-hybridized carbons (Fsp3) is 0.474. The molecule has 2 aromatic rings. The number of aromatic nitrogens is 2. The van der Waals surface area contributed by atoms with Crippen LogP contribution in [0.15, 0.2) is 36.9 Å². The quantitative estimate of drug-likeness (QED) is 0.846. The minimum atomic E-state index is -0.739. The van der Waals surface area contributed by atoms with Crippen LogP contribution in [0.3, 0.4) is 0 Å². The zero-order valence-corrected chi connectivity index (χ0v) is 14.4. The molecule has 1 atom stereocenters. The minimum Gasteiger partial charge on any atom is -0.481 e. The summed E-state index contributed by atoms with van der Waals surface area (Å²) in [6, 6.07) is 6.67. The number of nitrogens with zero attached hydrogens (tertiary/aromatic N) is 3. The Balaban J connectivity index is 1.79. The van der Waals surface area contributed by atoms with Gasteiger partial charge in [-0.2, -0.15) is 0 Å². The van der Waals surface area contributed by atoms with Crippen molar-refractivity contribution in [3.05, 3.63) is 48.0 Å². The van der Waals surface area contributed by atoms with E-state index in [1.807, 2.05) is 12.5 Å². The fourth-order valence-electron chi connectivity index (χ4n) is 3.42. The van der Waals surface area contributed by atoms with Gasteiger partial charge in [0, 0.05) is 43.6 Å². The second-order valence-corrected chi connectivity index (χ2v) is 6.85. The number of fused-ring (bicyclic) bond motifs is 1. The molecule has 1 aromatic heterocycles. The van der Waals surface area contributed by atoms with Crippen LogP contribution < -0.4 is 4.90 Å². The van der Waals surface area contributed by atoms with E-state index in [1.165, 1.54) is 16.8 Å². The molecule has 0 bridgehead atoms. The summed E-state index contributed by atoms with van der Waals surface area (Å²) in [5.74, 6) is 0.199. The number of hydrogen-bond donors (Lipinski definition) is 1. The lowest BCUT2D eigenvalue weighted by atomic mass is 9.93. The number of benzene rings is 1. The van der Waals surface area contributed by atoms with E-state index in [-0.39, 0.29) is 6.42 Å². The molecule has 5 heteroatoms. The summed E-state index contributed by atoms with van der Waals surface area (Å²) >= 11 is 0. The average molecular weight is 327 g/mol. The molecule has 0 spiro atoms. The van der Waals surface area contributed by atoms with Crippen molar-refractivity contribution >= 4 is 11.7 Å². The van der Waals surface area contributed by atoms with Gasteiger partial charge in [0.15, 0.2) is 0 Å². The van der Waals surface area contributed by atoms with E-state index in [1.54, 1.807) is 6.20 Å². The number of carboxylic acid groups (broad SMARTS) is 1. The summed E-state index contributed by atoms with van der Waals surface area (Å²) in [6.45, 7) is 6.82. The average Bonchev–Trinajstić information content (AvgIpc) is 3.18. The lowest BCUT2D eigenvalue weighted by molar-refractivity contribution is -0.136. The third-order valence-corrected chi connectivity index (χ3v) is 4.83. The van der Waals surface area contributed by atoms with E-state index in [9.17, 15) is 4.79 Å². The number of hydrogen-bond acceptors (Lipinski definition) is 3. The number of rotatable bonds is 7. The van der Waals surface area contributed by atoms with Crippen LogP contribution in [0.25, 0.3) is 0 Å². The highest BCUT2D eigenvalue weighted by atomic mass is 16.4. The number of aliphatic carboxylic acids is 1. The number of carbonyl (C=O) groups is 1. The first-order valence-corrected chi connectivity index (χ1v) is 8.61. The predicted molar refractivity (Wildman–Crippen MR) is 94.6 cm³/mol. The smallest absolute Gasteiger partial charge is 0.305 e. The predicted octanol–water partition coefficient (Wildman–Crippen LogP) is 3.48. The van der Waals surface area contributed by atoms with Gasteiger partial charge in [0.2, 0.25) is 0 Å². The first kappa shape index (κ1) is 16.6. The second-order valence-electron chi connectivity index (χ2n) is 6.85. The highest BCUT2D eigenvalue weighted by Gasteiger charge is 2.29. The van der Waals surface area contributed by atoms with Gasteiger partial charge in [0.25, 0.3) is 0 Å². The summed E-state index contributed by atoms with van der Waals surface area (Å²) in [7, 11) is 0. The molecule has 1 aliphatic heterocycles. The number of imidazole rings is 1. The number of carboxylic acids is 1. The lowest BCUT2D eigenvalue weighted by Crippen LogP contribution is -2.25. The van der Waals surface area contributed by atoms with E-state index in [0.29, 0.717) is 18.4 Å². The Kier molecular flexibility index (Phi) is 4.88. The molecule has 3 rings (SSSR count). The first-order valence-electron chi connectivity index (χ1n) is 8.61. The van der Waals surface area contributed by atoms with E-state index in [2.05, 4.69) is 46.5 Å². The molecule has 0 radical (unpaired) electrons. The van der Waals surface area contributed by atoms with Gasteiger partial charge in [-0.1, -0.05) is 26.0 Å². The highest BCUT2D eigenvalue weighted by Crippen LogP contribution is 2.40. The highest BCUT2D eigenvalue weighted by molar-refractivity contribution is 5.69. The van der Waals surface area contributed by atoms with E-state index >= 15 is 0 Å². The van der Waals surface area contributed by atoms with Crippen LogP contribution in [-0.2, 0) is 11.3 Å². The third-order valence-electron chi connectivity index (χ3n) is 4.83. The van der Waals surface area contributed by atoms with Gasteiger partial charge in [-0.05, 0) is 29.5 Å². The van der Waals surface area contributed by atoms with Gasteiger partial charge in [-0.25, -0.2) is 4.98 Å². The molecule has 0 saturated heterocycles. The Bertz CT molecular complexity index is 695. The molecule has 1 aliphatic rings. The van der Waals surface area contributed by atoms with Gasteiger partial charge in [-0.3, -0.25) is 4.79 Å². The molecule has 1 aromatic carbocycles. The maximum absolute atomic E-state index is 10.9. The third kappa shape index (κ3) is 3.61. The van der Waals surface area contributed by atoms with Gasteiger partial charge < -0.3 is 14.6 Å². The fourth-order valence-corrected chi connectivity index (χ4v) is 3.42. The Morgan fingerprint density at radius 2 is 2.21 bits per heavy atom. The lowest BCUT2D eigenvalue weighted by Gasteiger charge is -2.19. The first-order chi connectivity index (χ1) is 11.5. The molecule has 0 amide bonds. The molecule has 24 heavy (non-hydrogen) atoms. The maximum Gasteiger partial charge on any atom is 0.305 e. The molecule has 128 valence electrons. The zero-order valence-electron chi connectivity index (χ0n) is 14.4. The molecule has 0 saturated carbocycles. The van der Waals surface area contributed by atoms with Crippen LogP contribution in [0.4, 0.5) is 5.69 Å². The number of aryl methyl sites for hydroxylation is 1. The molecular formula is C19H25N3O2. The molecule has 1 N–H and O–H groups in total. The van der Waals surface area contributed by atoms with E-state index in [0.717, 1.165) is 19.5 Å². The Morgan fingerprint density at radius 1 is 1.38 bits per heavy atom. The maximum atomic E-state index is 10.9. The minimum absolute atomic E-state index is 0.180. The van der Waals surface area contributed by atoms with Crippen LogP contribution >= 0.6 is 0 Å². The number of anilines is 1. The summed E-state index contributed by atoms with van der Waals surface area (Å²) in [6.07, 6.45) is 6.86. The Labute approximate surface area is 142 Å². The van der Waals surface area contributed by atoms with Gasteiger partial charge in [0.1, 0.15) is 0 Å². The van der Waals surface area contributed by atoms with Crippen molar-refractivity contribution in [2.75, 3.05) is 18.0 Å². The van der Waals surface area contributed by atoms with Gasteiger partial charge in [-0.15, -0.1) is 0 Å². The van der Waals surface area contributed by atoms with Crippen molar-refractivity contribution in [2.24, 2.45) is 0 Å². The molecule has 1 unspecified atom stereocenters. The monoisotopic (exact) mass is 327 g/mol. The van der Waals surface area contributed by atoms with Crippen molar-refractivity contribution in [2.45, 2.75) is 45.1 Å². The zero-order chi connectivity index (χ0) is 17.1. The van der Waals surface area contributed by atoms with Crippen molar-refractivity contribution in [1.82, 2.24) is 9.55 Å². The molecule has 0 fully saturated rings. The standard InChI is InChI=1S/C19H25N3O2/c1-14(2)15-3-4-18-17(11-15)16(5-8-21-10-7-20-13-21)12-22(18)9-6-19(23)24/h3-4,7,10-11,13-14,16H,5-6,8-9,12H2,1-2H3,(H,23,24). The Morgan fingerprint density at radius 3 is 2.88 bits per heavy atom. The Hall–Kier alpha value is -2.30. The van der Waals surface area contributed by atoms with Crippen LogP contribution in [-0.4, -0.2) is 33.7 Å².